The number of aromatic amines is 1. The van der Waals surface area contributed by atoms with Crippen LogP contribution in [0.15, 0.2) is 12.3 Å². The highest BCUT2D eigenvalue weighted by molar-refractivity contribution is 5.98. The Morgan fingerprint density at radius 1 is 1.44 bits per heavy atom. The van der Waals surface area contributed by atoms with Crippen molar-refractivity contribution in [2.75, 3.05) is 17.7 Å². The van der Waals surface area contributed by atoms with E-state index < -0.39 is 12.1 Å². The molecule has 0 saturated heterocycles. The zero-order chi connectivity index (χ0) is 13.1. The van der Waals surface area contributed by atoms with Crippen molar-refractivity contribution in [3.05, 3.63) is 12.3 Å². The fourth-order valence-electron chi connectivity index (χ4n) is 1.35. The first-order chi connectivity index (χ1) is 8.60. The molecule has 5 N–H and O–H groups in total. The van der Waals surface area contributed by atoms with Gasteiger partial charge in [0.15, 0.2) is 5.82 Å². The molecular weight excluding hydrogens is 240 g/mol. The van der Waals surface area contributed by atoms with Crippen LogP contribution < -0.4 is 16.4 Å². The quantitative estimate of drug-likeness (QED) is 0.619. The van der Waals surface area contributed by atoms with E-state index in [1.807, 2.05) is 0 Å². The van der Waals surface area contributed by atoms with Crippen molar-refractivity contribution in [3.63, 3.8) is 0 Å². The van der Waals surface area contributed by atoms with Crippen LogP contribution in [0.25, 0.3) is 10.9 Å². The number of hydrogen-bond acceptors (Lipinski definition) is 5. The van der Waals surface area contributed by atoms with E-state index in [2.05, 4.69) is 30.6 Å². The number of pyridine rings is 1. The number of H-pyrrole nitrogens is 1. The molecule has 0 aliphatic carbocycles. The molecule has 2 aromatic heterocycles. The van der Waals surface area contributed by atoms with Gasteiger partial charge in [-0.25, -0.2) is 14.6 Å². The van der Waals surface area contributed by atoms with E-state index in [0.29, 0.717) is 10.9 Å². The normalized spacial score (nSPS) is 10.1. The van der Waals surface area contributed by atoms with E-state index in [4.69, 9.17) is 5.73 Å². The van der Waals surface area contributed by atoms with Gasteiger partial charge in [0, 0.05) is 12.3 Å². The van der Waals surface area contributed by atoms with Crippen molar-refractivity contribution in [3.8, 4) is 0 Å². The van der Waals surface area contributed by atoms with Gasteiger partial charge in [0.1, 0.15) is 5.82 Å². The molecule has 3 amide bonds. The molecular formula is C9H10N6O3. The van der Waals surface area contributed by atoms with Crippen LogP contribution in [0.4, 0.5) is 21.2 Å². The van der Waals surface area contributed by atoms with Crippen LogP contribution in [0.3, 0.4) is 0 Å². The number of anilines is 2. The Hall–Kier alpha value is -2.84. The Labute approximate surface area is 101 Å². The SMILES string of the molecule is COC(=O)Nc1n[nH]c2cc(NC(N)=O)ncc12. The monoisotopic (exact) mass is 250 g/mol. The summed E-state index contributed by atoms with van der Waals surface area (Å²) in [7, 11) is 1.25. The van der Waals surface area contributed by atoms with Crippen molar-refractivity contribution in [2.24, 2.45) is 5.73 Å². The van der Waals surface area contributed by atoms with Crippen LogP contribution in [0.1, 0.15) is 0 Å². The number of rotatable bonds is 2. The number of methoxy groups -OCH3 is 1. The van der Waals surface area contributed by atoms with E-state index in [1.54, 1.807) is 0 Å². The summed E-state index contributed by atoms with van der Waals surface area (Å²) in [5.74, 6) is 0.568. The molecule has 94 valence electrons. The summed E-state index contributed by atoms with van der Waals surface area (Å²) in [6.45, 7) is 0. The second-order valence-electron chi connectivity index (χ2n) is 3.29. The van der Waals surface area contributed by atoms with Gasteiger partial charge >= 0.3 is 12.1 Å². The lowest BCUT2D eigenvalue weighted by Crippen LogP contribution is -2.19. The first kappa shape index (κ1) is 11.6. The van der Waals surface area contributed by atoms with Gasteiger partial charge in [-0.1, -0.05) is 0 Å². The summed E-state index contributed by atoms with van der Waals surface area (Å²) in [6.07, 6.45) is 0.804. The van der Waals surface area contributed by atoms with Crippen LogP contribution >= 0.6 is 0 Å². The lowest BCUT2D eigenvalue weighted by atomic mass is 10.3. The molecule has 0 aliphatic heterocycles. The Balaban J connectivity index is 2.31. The maximum atomic E-state index is 11.1. The maximum absolute atomic E-state index is 11.1. The van der Waals surface area contributed by atoms with Crippen molar-refractivity contribution in [2.45, 2.75) is 0 Å². The zero-order valence-corrected chi connectivity index (χ0v) is 9.35. The first-order valence-electron chi connectivity index (χ1n) is 4.85. The third-order valence-corrected chi connectivity index (χ3v) is 2.10. The molecule has 0 radical (unpaired) electrons. The van der Waals surface area contributed by atoms with E-state index >= 15 is 0 Å². The number of carbonyl (C=O) groups is 2. The summed E-state index contributed by atoms with van der Waals surface area (Å²) in [4.78, 5) is 25.7. The predicted octanol–water partition coefficient (Wildman–Crippen LogP) is 0.627. The highest BCUT2D eigenvalue weighted by Gasteiger charge is 2.10. The average molecular weight is 250 g/mol. The van der Waals surface area contributed by atoms with Crippen LogP contribution in [-0.2, 0) is 4.74 Å². The zero-order valence-electron chi connectivity index (χ0n) is 9.35. The van der Waals surface area contributed by atoms with Gasteiger partial charge in [0.25, 0.3) is 0 Å². The number of ether oxygens (including phenoxy) is 1. The van der Waals surface area contributed by atoms with Crippen molar-refractivity contribution < 1.29 is 14.3 Å². The standard InChI is InChI=1S/C9H10N6O3/c1-18-9(17)13-7-4-3-11-6(12-8(10)16)2-5(4)14-15-7/h2-3H,1H3,(H3,10,11,12,16)(H2,13,14,15,17). The lowest BCUT2D eigenvalue weighted by molar-refractivity contribution is 0.187. The minimum Gasteiger partial charge on any atom is -0.453 e. The van der Waals surface area contributed by atoms with Gasteiger partial charge < -0.3 is 10.5 Å². The molecule has 0 fully saturated rings. The number of aromatic nitrogens is 3. The van der Waals surface area contributed by atoms with E-state index in [9.17, 15) is 9.59 Å². The fraction of sp³-hybridized carbons (Fsp3) is 0.111. The Bertz CT molecular complexity index is 607. The van der Waals surface area contributed by atoms with Crippen LogP contribution in [0, 0.1) is 0 Å². The molecule has 0 unspecified atom stereocenters. The summed E-state index contributed by atoms with van der Waals surface area (Å²) in [5, 5.41) is 11.9. The van der Waals surface area contributed by atoms with Gasteiger partial charge in [-0.15, -0.1) is 0 Å². The van der Waals surface area contributed by atoms with E-state index in [0.717, 1.165) is 0 Å². The topological polar surface area (TPSA) is 135 Å². The summed E-state index contributed by atoms with van der Waals surface area (Å²) >= 11 is 0. The number of nitrogens with two attached hydrogens (primary N) is 1. The summed E-state index contributed by atoms with van der Waals surface area (Å²) < 4.78 is 4.45. The second-order valence-corrected chi connectivity index (χ2v) is 3.29. The molecule has 0 spiro atoms. The third-order valence-electron chi connectivity index (χ3n) is 2.10. The molecule has 2 rings (SSSR count). The van der Waals surface area contributed by atoms with Crippen LogP contribution in [0.2, 0.25) is 0 Å². The largest absolute Gasteiger partial charge is 0.453 e. The molecule has 2 aromatic rings. The number of nitrogens with one attached hydrogen (secondary N) is 3. The highest BCUT2D eigenvalue weighted by Crippen LogP contribution is 2.21. The predicted molar refractivity (Wildman–Crippen MR) is 63.1 cm³/mol. The Morgan fingerprint density at radius 3 is 2.89 bits per heavy atom. The minimum atomic E-state index is -0.714. The molecule has 0 aromatic carbocycles. The molecule has 0 aliphatic rings. The Kier molecular flexibility index (Phi) is 2.96. The number of urea groups is 1. The number of nitrogens with zero attached hydrogens (tertiary/aromatic N) is 2. The average Bonchev–Trinajstić information content (AvgIpc) is 2.71. The number of primary amides is 1. The van der Waals surface area contributed by atoms with Gasteiger partial charge in [0.2, 0.25) is 0 Å². The third kappa shape index (κ3) is 2.29. The van der Waals surface area contributed by atoms with Crippen LogP contribution in [0.5, 0.6) is 0 Å². The van der Waals surface area contributed by atoms with Gasteiger partial charge in [-0.2, -0.15) is 5.10 Å². The summed E-state index contributed by atoms with van der Waals surface area (Å²) in [5.41, 5.74) is 5.55. The molecule has 0 atom stereocenters. The van der Waals surface area contributed by atoms with Gasteiger partial charge in [-0.3, -0.25) is 15.7 Å². The van der Waals surface area contributed by atoms with Crippen molar-refractivity contribution >= 4 is 34.7 Å². The molecule has 0 saturated carbocycles. The molecule has 9 heteroatoms. The molecule has 9 nitrogen and oxygen atoms in total. The van der Waals surface area contributed by atoms with Gasteiger partial charge in [-0.05, 0) is 0 Å². The number of carbonyl (C=O) groups excluding carboxylic acids is 2. The smallest absolute Gasteiger partial charge is 0.412 e. The fourth-order valence-corrected chi connectivity index (χ4v) is 1.35. The second kappa shape index (κ2) is 4.57. The molecule has 18 heavy (non-hydrogen) atoms. The van der Waals surface area contributed by atoms with E-state index in [1.165, 1.54) is 19.4 Å². The summed E-state index contributed by atoms with van der Waals surface area (Å²) in [6, 6.07) is 0.824. The Morgan fingerprint density at radius 2 is 2.22 bits per heavy atom. The number of amides is 3. The molecule has 0 bridgehead atoms. The number of hydrogen-bond donors (Lipinski definition) is 4. The lowest BCUT2D eigenvalue weighted by Gasteiger charge is -2.01. The molecule has 2 heterocycles. The first-order valence-corrected chi connectivity index (χ1v) is 4.85. The van der Waals surface area contributed by atoms with E-state index in [-0.39, 0.29) is 11.6 Å². The van der Waals surface area contributed by atoms with Gasteiger partial charge in [0.05, 0.1) is 18.0 Å². The van der Waals surface area contributed by atoms with Crippen molar-refractivity contribution in [1.82, 2.24) is 15.2 Å². The minimum absolute atomic E-state index is 0.281. The maximum Gasteiger partial charge on any atom is 0.412 e. The number of fused-ring (bicyclic) bond motifs is 1. The van der Waals surface area contributed by atoms with Crippen molar-refractivity contribution in [1.29, 1.82) is 0 Å². The highest BCUT2D eigenvalue weighted by atomic mass is 16.5. The van der Waals surface area contributed by atoms with Crippen LogP contribution in [-0.4, -0.2) is 34.4 Å².